The third kappa shape index (κ3) is 9.26. The first-order chi connectivity index (χ1) is 18.5. The second-order valence-corrected chi connectivity index (χ2v) is 12.2. The van der Waals surface area contributed by atoms with Crippen LogP contribution >= 0.6 is 55.1 Å². The third-order valence-corrected chi connectivity index (χ3v) is 8.62. The highest BCUT2D eigenvalue weighted by Crippen LogP contribution is 2.23. The molecule has 0 radical (unpaired) electrons. The predicted molar refractivity (Wildman–Crippen MR) is 166 cm³/mol. The number of nitrogens with zero attached hydrogens (tertiary/aromatic N) is 2. The summed E-state index contributed by atoms with van der Waals surface area (Å²) in [6.07, 6.45) is 15.5. The maximum Gasteiger partial charge on any atom is 0.211 e. The molecule has 2 aromatic carbocycles. The fraction of sp³-hybridized carbons (Fsp3) is 0.267. The first kappa shape index (κ1) is 28.9. The molecular formula is C30H32Br2Cl2N4+2. The van der Waals surface area contributed by atoms with E-state index in [2.05, 4.69) is 101 Å². The molecular weight excluding hydrogens is 647 g/mol. The van der Waals surface area contributed by atoms with Gasteiger partial charge >= 0.3 is 0 Å². The van der Waals surface area contributed by atoms with Crippen molar-refractivity contribution in [3.63, 3.8) is 0 Å². The van der Waals surface area contributed by atoms with Crippen LogP contribution in [-0.4, -0.2) is 0 Å². The molecule has 0 spiro atoms. The van der Waals surface area contributed by atoms with E-state index in [4.69, 9.17) is 23.2 Å². The Balaban J connectivity index is 1.11. The van der Waals surface area contributed by atoms with Crippen molar-refractivity contribution in [2.24, 2.45) is 0 Å². The lowest BCUT2D eigenvalue weighted by Gasteiger charge is -2.09. The van der Waals surface area contributed by atoms with E-state index in [0.29, 0.717) is 9.90 Å². The highest BCUT2D eigenvalue weighted by molar-refractivity contribution is 9.09. The van der Waals surface area contributed by atoms with Crippen LogP contribution in [0.25, 0.3) is 0 Å². The summed E-state index contributed by atoms with van der Waals surface area (Å²) in [7, 11) is 0. The largest absolute Gasteiger partial charge is 0.355 e. The number of halogens is 4. The number of rotatable bonds is 13. The number of nitrogens with one attached hydrogen (secondary N) is 2. The van der Waals surface area contributed by atoms with Gasteiger partial charge in [-0.15, -0.1) is 0 Å². The molecule has 4 aromatic rings. The van der Waals surface area contributed by atoms with Gasteiger partial charge in [-0.05, 0) is 93.2 Å². The first-order valence-electron chi connectivity index (χ1n) is 12.8. The van der Waals surface area contributed by atoms with Crippen molar-refractivity contribution in [3.05, 3.63) is 108 Å². The van der Waals surface area contributed by atoms with Gasteiger partial charge in [-0.3, -0.25) is 0 Å². The molecule has 0 amide bonds. The number of pyridine rings is 2. The summed E-state index contributed by atoms with van der Waals surface area (Å²) in [5.74, 6) is 0. The summed E-state index contributed by atoms with van der Waals surface area (Å²) in [5, 5.41) is 8.28. The lowest BCUT2D eigenvalue weighted by molar-refractivity contribution is -0.698. The molecule has 0 saturated carbocycles. The van der Waals surface area contributed by atoms with Gasteiger partial charge in [-0.2, -0.15) is 9.13 Å². The Hall–Kier alpha value is -2.12. The summed E-state index contributed by atoms with van der Waals surface area (Å²) in [5.41, 5.74) is 4.15. The molecule has 2 aromatic heterocycles. The molecule has 2 unspecified atom stereocenters. The SMILES string of the molecule is Clc1ccc(Nc2cc[n+](C(Br)CCCCCCC(Br)[n+]3ccc(Nc4ccc(Cl)cc4)cc3)cc2)cc1. The highest BCUT2D eigenvalue weighted by Gasteiger charge is 2.15. The normalized spacial score (nSPS) is 12.6. The fourth-order valence-electron chi connectivity index (χ4n) is 4.09. The molecule has 0 aliphatic rings. The molecule has 38 heavy (non-hydrogen) atoms. The van der Waals surface area contributed by atoms with Gasteiger partial charge in [0.15, 0.2) is 24.8 Å². The number of aromatic nitrogens is 2. The van der Waals surface area contributed by atoms with Crippen molar-refractivity contribution in [1.29, 1.82) is 0 Å². The quantitative estimate of drug-likeness (QED) is 0.0838. The highest BCUT2D eigenvalue weighted by atomic mass is 79.9. The minimum Gasteiger partial charge on any atom is -0.355 e. The molecule has 2 atom stereocenters. The van der Waals surface area contributed by atoms with Crippen LogP contribution in [0.1, 0.15) is 48.4 Å². The molecule has 0 fully saturated rings. The van der Waals surface area contributed by atoms with Crippen LogP contribution in [0.4, 0.5) is 22.7 Å². The molecule has 2 heterocycles. The number of alkyl halides is 2. The summed E-state index contributed by atoms with van der Waals surface area (Å²) < 4.78 is 4.42. The smallest absolute Gasteiger partial charge is 0.211 e. The van der Waals surface area contributed by atoms with Crippen LogP contribution < -0.4 is 19.8 Å². The van der Waals surface area contributed by atoms with Gasteiger partial charge in [-0.1, -0.05) is 36.0 Å². The van der Waals surface area contributed by atoms with Gasteiger partial charge in [0.25, 0.3) is 0 Å². The Morgan fingerprint density at radius 1 is 0.500 bits per heavy atom. The molecule has 2 N–H and O–H groups in total. The van der Waals surface area contributed by atoms with E-state index in [1.165, 1.54) is 25.7 Å². The molecule has 0 saturated heterocycles. The summed E-state index contributed by atoms with van der Waals surface area (Å²) in [6, 6.07) is 23.8. The monoisotopic (exact) mass is 676 g/mol. The number of hydrogen-bond donors (Lipinski definition) is 2. The summed E-state index contributed by atoms with van der Waals surface area (Å²) in [4.78, 5) is 0.595. The van der Waals surface area contributed by atoms with Crippen LogP contribution in [0.5, 0.6) is 0 Å². The van der Waals surface area contributed by atoms with E-state index in [-0.39, 0.29) is 0 Å². The number of unbranched alkanes of at least 4 members (excludes halogenated alkanes) is 3. The third-order valence-electron chi connectivity index (χ3n) is 6.25. The summed E-state index contributed by atoms with van der Waals surface area (Å²) in [6.45, 7) is 0. The second kappa shape index (κ2) is 14.9. The van der Waals surface area contributed by atoms with Crippen LogP contribution in [0, 0.1) is 0 Å². The first-order valence-corrected chi connectivity index (χ1v) is 15.4. The minimum absolute atomic E-state index is 0.298. The molecule has 4 rings (SSSR count). The van der Waals surface area contributed by atoms with Gasteiger partial charge in [0.05, 0.1) is 11.4 Å². The summed E-state index contributed by atoms with van der Waals surface area (Å²) >= 11 is 19.6. The number of benzene rings is 2. The van der Waals surface area contributed by atoms with E-state index >= 15 is 0 Å². The van der Waals surface area contributed by atoms with E-state index in [1.54, 1.807) is 0 Å². The van der Waals surface area contributed by atoms with Crippen LogP contribution in [0.3, 0.4) is 0 Å². The lowest BCUT2D eigenvalue weighted by atomic mass is 10.1. The zero-order valence-corrected chi connectivity index (χ0v) is 25.7. The second-order valence-electron chi connectivity index (χ2n) is 9.19. The molecule has 4 nitrogen and oxygen atoms in total. The minimum atomic E-state index is 0.298. The van der Waals surface area contributed by atoms with E-state index in [1.807, 2.05) is 48.5 Å². The maximum atomic E-state index is 5.96. The predicted octanol–water partition coefficient (Wildman–Crippen LogP) is 9.88. The Morgan fingerprint density at radius 3 is 1.16 bits per heavy atom. The van der Waals surface area contributed by atoms with Crippen molar-refractivity contribution in [3.8, 4) is 0 Å². The number of anilines is 4. The van der Waals surface area contributed by atoms with E-state index in [0.717, 1.165) is 45.6 Å². The van der Waals surface area contributed by atoms with Gasteiger partial charge in [-0.25, -0.2) is 0 Å². The van der Waals surface area contributed by atoms with Crippen molar-refractivity contribution in [1.82, 2.24) is 0 Å². The topological polar surface area (TPSA) is 31.8 Å². The van der Waals surface area contributed by atoms with Crippen molar-refractivity contribution < 1.29 is 9.13 Å². The molecule has 0 bridgehead atoms. The zero-order chi connectivity index (χ0) is 26.7. The molecule has 198 valence electrons. The Kier molecular flexibility index (Phi) is 11.3. The van der Waals surface area contributed by atoms with Gasteiger partial charge in [0.2, 0.25) is 9.90 Å². The van der Waals surface area contributed by atoms with Crippen molar-refractivity contribution >= 4 is 77.8 Å². The Labute approximate surface area is 252 Å². The Bertz CT molecular complexity index is 1150. The van der Waals surface area contributed by atoms with E-state index in [9.17, 15) is 0 Å². The average Bonchev–Trinajstić information content (AvgIpc) is 2.94. The number of hydrogen-bond acceptors (Lipinski definition) is 2. The molecule has 0 aliphatic heterocycles. The van der Waals surface area contributed by atoms with Gasteiger partial charge in [0.1, 0.15) is 0 Å². The zero-order valence-electron chi connectivity index (χ0n) is 21.0. The van der Waals surface area contributed by atoms with Crippen LogP contribution in [0.2, 0.25) is 10.0 Å². The molecule has 8 heteroatoms. The van der Waals surface area contributed by atoms with Crippen LogP contribution in [0.15, 0.2) is 97.6 Å². The molecule has 0 aliphatic carbocycles. The van der Waals surface area contributed by atoms with Crippen LogP contribution in [-0.2, 0) is 0 Å². The fourth-order valence-corrected chi connectivity index (χ4v) is 5.54. The lowest BCUT2D eigenvalue weighted by Crippen LogP contribution is -2.35. The standard InChI is InChI=1S/C30H30Br2Cl2N4/c31-29(37-19-15-27(16-20-37)35-25-11-7-23(33)8-12-25)5-3-1-2-4-6-30(32)38-21-17-28(18-22-38)36-26-13-9-24(34)10-14-26/h7-22,29-30H,1-6H2/p+2. The Morgan fingerprint density at radius 2 is 0.816 bits per heavy atom. The average molecular weight is 679 g/mol. The maximum absolute atomic E-state index is 5.96. The van der Waals surface area contributed by atoms with Crippen molar-refractivity contribution in [2.75, 3.05) is 10.6 Å². The van der Waals surface area contributed by atoms with Gasteiger partial charge < -0.3 is 10.6 Å². The van der Waals surface area contributed by atoms with Gasteiger partial charge in [0, 0.05) is 58.5 Å². The van der Waals surface area contributed by atoms with E-state index < -0.39 is 0 Å². The van der Waals surface area contributed by atoms with Crippen molar-refractivity contribution in [2.45, 2.75) is 48.4 Å².